The van der Waals surface area contributed by atoms with Gasteiger partial charge in [0.25, 0.3) is 0 Å². The third kappa shape index (κ3) is 2.58. The van der Waals surface area contributed by atoms with Gasteiger partial charge in [0.15, 0.2) is 0 Å². The van der Waals surface area contributed by atoms with Crippen LogP contribution in [-0.2, 0) is 4.74 Å². The van der Waals surface area contributed by atoms with E-state index in [9.17, 15) is 0 Å². The molecule has 94 valence electrons. The van der Waals surface area contributed by atoms with Crippen LogP contribution in [0.2, 0.25) is 0 Å². The molecule has 2 fully saturated rings. The van der Waals surface area contributed by atoms with E-state index in [1.54, 1.807) is 0 Å². The molecular weight excluding hydrogens is 200 g/mol. The fourth-order valence-electron chi connectivity index (χ4n) is 2.88. The lowest BCUT2D eigenvalue weighted by molar-refractivity contribution is -0.0289. The summed E-state index contributed by atoms with van der Waals surface area (Å²) in [4.78, 5) is 2.72. The molecule has 0 atom stereocenters. The Morgan fingerprint density at radius 2 is 2.00 bits per heavy atom. The van der Waals surface area contributed by atoms with E-state index in [1.807, 2.05) is 0 Å². The van der Waals surface area contributed by atoms with Crippen molar-refractivity contribution in [2.24, 2.45) is 5.73 Å². The van der Waals surface area contributed by atoms with Crippen molar-refractivity contribution in [1.29, 1.82) is 0 Å². The number of hydrogen-bond donors (Lipinski definition) is 1. The van der Waals surface area contributed by atoms with Crippen molar-refractivity contribution in [3.05, 3.63) is 0 Å². The van der Waals surface area contributed by atoms with Gasteiger partial charge in [-0.3, -0.25) is 4.90 Å². The lowest BCUT2D eigenvalue weighted by Gasteiger charge is -2.46. The molecule has 0 aromatic heterocycles. The van der Waals surface area contributed by atoms with Crippen LogP contribution >= 0.6 is 0 Å². The molecule has 2 N–H and O–H groups in total. The highest BCUT2D eigenvalue weighted by Gasteiger charge is 2.43. The maximum absolute atomic E-state index is 6.08. The lowest BCUT2D eigenvalue weighted by atomic mass is 9.87. The third-order valence-electron chi connectivity index (χ3n) is 4.15. The van der Waals surface area contributed by atoms with Gasteiger partial charge in [-0.05, 0) is 38.6 Å². The molecule has 2 aliphatic rings. The maximum Gasteiger partial charge on any atom is 0.0484 e. The summed E-state index contributed by atoms with van der Waals surface area (Å²) in [6.45, 7) is 6.10. The van der Waals surface area contributed by atoms with Crippen molar-refractivity contribution >= 4 is 0 Å². The maximum atomic E-state index is 6.08. The van der Waals surface area contributed by atoms with Crippen LogP contribution in [0.25, 0.3) is 0 Å². The van der Waals surface area contributed by atoms with Gasteiger partial charge < -0.3 is 10.5 Å². The highest BCUT2D eigenvalue weighted by Crippen LogP contribution is 2.37. The largest absolute Gasteiger partial charge is 0.381 e. The molecular formula is C13H26N2O. The topological polar surface area (TPSA) is 38.5 Å². The van der Waals surface area contributed by atoms with Crippen molar-refractivity contribution in [2.45, 2.75) is 57.0 Å². The molecule has 0 amide bonds. The summed E-state index contributed by atoms with van der Waals surface area (Å²) in [6, 6.07) is 0.827. The quantitative estimate of drug-likeness (QED) is 0.750. The van der Waals surface area contributed by atoms with Crippen molar-refractivity contribution < 1.29 is 4.74 Å². The molecule has 1 aliphatic heterocycles. The Morgan fingerprint density at radius 1 is 1.31 bits per heavy atom. The Bertz CT molecular complexity index is 210. The predicted molar refractivity (Wildman–Crippen MR) is 66.5 cm³/mol. The fourth-order valence-corrected chi connectivity index (χ4v) is 2.88. The van der Waals surface area contributed by atoms with Crippen molar-refractivity contribution in [2.75, 3.05) is 26.3 Å². The molecule has 1 saturated heterocycles. The van der Waals surface area contributed by atoms with Crippen molar-refractivity contribution in [3.8, 4) is 0 Å². The number of nitrogens with zero attached hydrogens (tertiary/aromatic N) is 1. The van der Waals surface area contributed by atoms with Crippen molar-refractivity contribution in [3.63, 3.8) is 0 Å². The van der Waals surface area contributed by atoms with E-state index in [0.717, 1.165) is 38.6 Å². The Balaban J connectivity index is 2.01. The van der Waals surface area contributed by atoms with Crippen LogP contribution in [0.3, 0.4) is 0 Å². The molecule has 1 aliphatic carbocycles. The Morgan fingerprint density at radius 3 is 2.50 bits per heavy atom. The van der Waals surface area contributed by atoms with Gasteiger partial charge in [0.2, 0.25) is 0 Å². The summed E-state index contributed by atoms with van der Waals surface area (Å²) in [5.41, 5.74) is 6.34. The van der Waals surface area contributed by atoms with Gasteiger partial charge in [0, 0.05) is 31.3 Å². The number of ether oxygens (including phenoxy) is 1. The van der Waals surface area contributed by atoms with E-state index in [0.29, 0.717) is 0 Å². The van der Waals surface area contributed by atoms with E-state index in [1.165, 1.54) is 32.2 Å². The number of rotatable bonds is 6. The summed E-state index contributed by atoms with van der Waals surface area (Å²) in [5.74, 6) is 0. The van der Waals surface area contributed by atoms with Gasteiger partial charge in [-0.1, -0.05) is 13.3 Å². The lowest BCUT2D eigenvalue weighted by Crippen LogP contribution is -2.58. The normalized spacial score (nSPS) is 24.9. The van der Waals surface area contributed by atoms with Crippen LogP contribution in [0.4, 0.5) is 0 Å². The summed E-state index contributed by atoms with van der Waals surface area (Å²) in [6.07, 6.45) is 7.60. The standard InChI is InChI=1S/C13H26N2O/c1-2-3-8-15(12-4-5-12)13(11-14)6-9-16-10-7-13/h12H,2-11,14H2,1H3. The second-order valence-electron chi connectivity index (χ2n) is 5.32. The van der Waals surface area contributed by atoms with E-state index < -0.39 is 0 Å². The van der Waals surface area contributed by atoms with E-state index in [2.05, 4.69) is 11.8 Å². The first kappa shape index (κ1) is 12.3. The molecule has 0 aromatic carbocycles. The zero-order valence-electron chi connectivity index (χ0n) is 10.6. The number of unbranched alkanes of at least 4 members (excludes halogenated alkanes) is 1. The van der Waals surface area contributed by atoms with Crippen LogP contribution in [0.5, 0.6) is 0 Å². The summed E-state index contributed by atoms with van der Waals surface area (Å²) in [7, 11) is 0. The second-order valence-corrected chi connectivity index (χ2v) is 5.32. The molecule has 0 bridgehead atoms. The van der Waals surface area contributed by atoms with E-state index in [-0.39, 0.29) is 5.54 Å². The molecule has 0 spiro atoms. The summed E-state index contributed by atoms with van der Waals surface area (Å²) >= 11 is 0. The van der Waals surface area contributed by atoms with Crippen LogP contribution in [-0.4, -0.2) is 42.8 Å². The minimum absolute atomic E-state index is 0.259. The molecule has 0 aromatic rings. The summed E-state index contributed by atoms with van der Waals surface area (Å²) in [5, 5.41) is 0. The Labute approximate surface area is 99.3 Å². The average Bonchev–Trinajstić information content (AvgIpc) is 3.15. The van der Waals surface area contributed by atoms with Gasteiger partial charge in [-0.25, -0.2) is 0 Å². The first-order valence-corrected chi connectivity index (χ1v) is 6.87. The van der Waals surface area contributed by atoms with Gasteiger partial charge in [-0.15, -0.1) is 0 Å². The van der Waals surface area contributed by atoms with Gasteiger partial charge in [0.1, 0.15) is 0 Å². The molecule has 2 rings (SSSR count). The average molecular weight is 226 g/mol. The minimum atomic E-state index is 0.259. The van der Waals surface area contributed by atoms with Gasteiger partial charge in [0.05, 0.1) is 0 Å². The third-order valence-corrected chi connectivity index (χ3v) is 4.15. The zero-order valence-corrected chi connectivity index (χ0v) is 10.6. The highest BCUT2D eigenvalue weighted by atomic mass is 16.5. The van der Waals surface area contributed by atoms with Crippen LogP contribution < -0.4 is 5.73 Å². The zero-order chi connectivity index (χ0) is 11.4. The first-order chi connectivity index (χ1) is 7.82. The van der Waals surface area contributed by atoms with Gasteiger partial charge in [-0.2, -0.15) is 0 Å². The molecule has 3 heteroatoms. The number of hydrogen-bond acceptors (Lipinski definition) is 3. The Kier molecular flexibility index (Phi) is 4.22. The van der Waals surface area contributed by atoms with Crippen molar-refractivity contribution in [1.82, 2.24) is 4.90 Å². The van der Waals surface area contributed by atoms with Crippen LogP contribution in [0, 0.1) is 0 Å². The molecule has 0 radical (unpaired) electrons. The van der Waals surface area contributed by atoms with Crippen LogP contribution in [0.1, 0.15) is 45.4 Å². The SMILES string of the molecule is CCCCN(C1CC1)C1(CN)CCOCC1. The summed E-state index contributed by atoms with van der Waals surface area (Å²) < 4.78 is 5.50. The predicted octanol–water partition coefficient (Wildman–Crippen LogP) is 1.76. The monoisotopic (exact) mass is 226 g/mol. The highest BCUT2D eigenvalue weighted by molar-refractivity contribution is 5.00. The molecule has 0 unspecified atom stereocenters. The molecule has 16 heavy (non-hydrogen) atoms. The fraction of sp³-hybridized carbons (Fsp3) is 1.00. The molecule has 1 heterocycles. The van der Waals surface area contributed by atoms with E-state index in [4.69, 9.17) is 10.5 Å². The van der Waals surface area contributed by atoms with Crippen LogP contribution in [0.15, 0.2) is 0 Å². The van der Waals surface area contributed by atoms with Gasteiger partial charge >= 0.3 is 0 Å². The second kappa shape index (κ2) is 5.48. The van der Waals surface area contributed by atoms with E-state index >= 15 is 0 Å². The first-order valence-electron chi connectivity index (χ1n) is 6.87. The number of nitrogens with two attached hydrogens (primary N) is 1. The smallest absolute Gasteiger partial charge is 0.0484 e. The minimum Gasteiger partial charge on any atom is -0.381 e. The Hall–Kier alpha value is -0.120. The molecule has 1 saturated carbocycles. The molecule has 3 nitrogen and oxygen atoms in total.